The fourth-order valence-corrected chi connectivity index (χ4v) is 4.18. The van der Waals surface area contributed by atoms with Crippen LogP contribution in [0, 0.1) is 10.1 Å². The first kappa shape index (κ1) is 21.2. The molecule has 0 saturated carbocycles. The first-order valence-corrected chi connectivity index (χ1v) is 10.5. The lowest BCUT2D eigenvalue weighted by atomic mass is 10.1. The molecule has 12 heteroatoms. The van der Waals surface area contributed by atoms with Gasteiger partial charge in [-0.15, -0.1) is 0 Å². The minimum atomic E-state index is -1.55. The summed E-state index contributed by atoms with van der Waals surface area (Å²) in [5, 5.41) is 21.2. The first-order chi connectivity index (χ1) is 15.9. The summed E-state index contributed by atoms with van der Waals surface area (Å²) in [6.45, 7) is 2.23. The molecule has 0 radical (unpaired) electrons. The van der Waals surface area contributed by atoms with Gasteiger partial charge in [0.15, 0.2) is 23.6 Å². The molecule has 0 aliphatic carbocycles. The van der Waals surface area contributed by atoms with Gasteiger partial charge >= 0.3 is 0 Å². The molecule has 5 rings (SSSR count). The Bertz CT molecular complexity index is 1390. The van der Waals surface area contributed by atoms with Crippen LogP contribution < -0.4 is 5.56 Å². The van der Waals surface area contributed by atoms with Gasteiger partial charge in [0.1, 0.15) is 6.10 Å². The van der Waals surface area contributed by atoms with Crippen molar-refractivity contribution < 1.29 is 19.2 Å². The topological polar surface area (TPSA) is 130 Å². The number of nitro groups is 1. The molecule has 1 saturated heterocycles. The lowest BCUT2D eigenvalue weighted by Crippen LogP contribution is -2.27. The highest BCUT2D eigenvalue weighted by Gasteiger charge is 2.44. The van der Waals surface area contributed by atoms with Gasteiger partial charge in [-0.1, -0.05) is 19.1 Å². The number of non-ortho nitro benzene ring substituents is 1. The zero-order chi connectivity index (χ0) is 23.3. The van der Waals surface area contributed by atoms with Crippen molar-refractivity contribution >= 4 is 22.6 Å². The summed E-state index contributed by atoms with van der Waals surface area (Å²) < 4.78 is 24.6. The predicted octanol–water partition coefficient (Wildman–Crippen LogP) is 2.00. The molecule has 4 heterocycles. The minimum absolute atomic E-state index is 0.0196. The quantitative estimate of drug-likeness (QED) is 0.347. The van der Waals surface area contributed by atoms with E-state index < -0.39 is 29.5 Å². The number of imidazole rings is 2. The van der Waals surface area contributed by atoms with E-state index >= 15 is 0 Å². The van der Waals surface area contributed by atoms with E-state index in [9.17, 15) is 24.4 Å². The van der Waals surface area contributed by atoms with Gasteiger partial charge in [-0.3, -0.25) is 19.5 Å². The van der Waals surface area contributed by atoms with Crippen molar-refractivity contribution in [2.75, 3.05) is 0 Å². The van der Waals surface area contributed by atoms with E-state index in [-0.39, 0.29) is 22.4 Å². The number of benzene rings is 1. The highest BCUT2D eigenvalue weighted by Crippen LogP contribution is 2.34. The molecule has 1 aliphatic rings. The van der Waals surface area contributed by atoms with Crippen molar-refractivity contribution in [2.45, 2.75) is 50.9 Å². The number of hydrogen-bond acceptors (Lipinski definition) is 7. The summed E-state index contributed by atoms with van der Waals surface area (Å²) in [5.41, 5.74) is 0.809. The molecule has 1 N–H and O–H groups in total. The number of ether oxygens (including phenoxy) is 1. The number of aliphatic hydroxyl groups is 1. The molecule has 1 aromatic carbocycles. The minimum Gasteiger partial charge on any atom is -0.385 e. The maximum Gasteiger partial charge on any atom is 0.287 e. The molecule has 0 bridgehead atoms. The molecule has 11 nitrogen and oxygen atoms in total. The highest BCUT2D eigenvalue weighted by atomic mass is 19.1. The fourth-order valence-electron chi connectivity index (χ4n) is 4.18. The second-order valence-corrected chi connectivity index (χ2v) is 7.98. The summed E-state index contributed by atoms with van der Waals surface area (Å²) in [7, 11) is 0. The molecule has 0 unspecified atom stereocenters. The monoisotopic (exact) mass is 456 g/mol. The number of alkyl halides is 1. The Morgan fingerprint density at radius 1 is 1.27 bits per heavy atom. The molecule has 3 aromatic heterocycles. The summed E-state index contributed by atoms with van der Waals surface area (Å²) in [4.78, 5) is 32.1. The lowest BCUT2D eigenvalue weighted by Gasteiger charge is -2.16. The fraction of sp³-hybridized carbons (Fsp3) is 0.381. The maximum atomic E-state index is 14.4. The van der Waals surface area contributed by atoms with Gasteiger partial charge in [-0.2, -0.15) is 4.98 Å². The van der Waals surface area contributed by atoms with Crippen molar-refractivity contribution in [3.8, 4) is 0 Å². The number of aromatic nitrogens is 5. The molecule has 4 aromatic rings. The van der Waals surface area contributed by atoms with Crippen LogP contribution >= 0.6 is 0 Å². The normalized spacial score (nSPS) is 23.0. The van der Waals surface area contributed by atoms with E-state index in [1.54, 1.807) is 36.0 Å². The molecule has 172 valence electrons. The van der Waals surface area contributed by atoms with Crippen molar-refractivity contribution in [3.05, 3.63) is 69.0 Å². The Kier molecular flexibility index (Phi) is 5.17. The number of aliphatic hydroxyl groups excluding tert-OH is 1. The van der Waals surface area contributed by atoms with Gasteiger partial charge in [-0.25, -0.2) is 13.8 Å². The Morgan fingerprint density at radius 2 is 2.03 bits per heavy atom. The Labute approximate surface area is 185 Å². The van der Waals surface area contributed by atoms with Gasteiger partial charge in [0, 0.05) is 31.1 Å². The molecule has 0 amide bonds. The summed E-state index contributed by atoms with van der Waals surface area (Å²) in [6.07, 6.45) is 0.849. The molecular weight excluding hydrogens is 435 g/mol. The number of nitrogens with zero attached hydrogens (tertiary/aromatic N) is 6. The van der Waals surface area contributed by atoms with Crippen LogP contribution in [0.3, 0.4) is 0 Å². The largest absolute Gasteiger partial charge is 0.385 e. The van der Waals surface area contributed by atoms with Gasteiger partial charge in [-0.05, 0) is 18.4 Å². The van der Waals surface area contributed by atoms with Crippen molar-refractivity contribution in [1.29, 1.82) is 0 Å². The number of fused-ring (bicyclic) bond motifs is 2. The third-order valence-electron chi connectivity index (χ3n) is 6.02. The first-order valence-electron chi connectivity index (χ1n) is 10.5. The lowest BCUT2D eigenvalue weighted by molar-refractivity contribution is -0.384. The zero-order valence-electron chi connectivity index (χ0n) is 17.6. The second kappa shape index (κ2) is 8.05. The van der Waals surface area contributed by atoms with Crippen LogP contribution in [0.5, 0.6) is 0 Å². The highest BCUT2D eigenvalue weighted by molar-refractivity contribution is 5.72. The Hall–Kier alpha value is -3.64. The molecule has 1 aliphatic heterocycles. The van der Waals surface area contributed by atoms with Crippen LogP contribution in [0.15, 0.2) is 47.8 Å². The number of hydrogen-bond donors (Lipinski definition) is 1. The molecule has 33 heavy (non-hydrogen) atoms. The third kappa shape index (κ3) is 3.47. The standard InChI is InChI=1S/C21H21FN6O5/c1-2-14-15(22)17(29)20(33-14)27-11-23-16-18(27)24-21-25(9-10-26(21)19(16)30)8-7-12-3-5-13(6-4-12)28(31)32/h3-6,9-11,14-15,17,20,29H,2,7-8H2,1H3/t14-,15-,17-,20-/m1/s1. The van der Waals surface area contributed by atoms with E-state index in [2.05, 4.69) is 9.97 Å². The van der Waals surface area contributed by atoms with Crippen molar-refractivity contribution in [2.24, 2.45) is 0 Å². The van der Waals surface area contributed by atoms with E-state index in [1.165, 1.54) is 27.4 Å². The van der Waals surface area contributed by atoms with Gasteiger partial charge < -0.3 is 14.4 Å². The number of rotatable bonds is 6. The van der Waals surface area contributed by atoms with Crippen LogP contribution in [-0.4, -0.2) is 51.9 Å². The summed E-state index contributed by atoms with van der Waals surface area (Å²) in [6, 6.07) is 6.27. The zero-order valence-corrected chi connectivity index (χ0v) is 17.6. The van der Waals surface area contributed by atoms with Crippen molar-refractivity contribution in [3.63, 3.8) is 0 Å². The summed E-state index contributed by atoms with van der Waals surface area (Å²) >= 11 is 0. The second-order valence-electron chi connectivity index (χ2n) is 7.98. The molecule has 0 spiro atoms. The van der Waals surface area contributed by atoms with Crippen LogP contribution in [-0.2, 0) is 17.7 Å². The van der Waals surface area contributed by atoms with Gasteiger partial charge in [0.25, 0.3) is 11.2 Å². The maximum absolute atomic E-state index is 14.4. The smallest absolute Gasteiger partial charge is 0.287 e. The van der Waals surface area contributed by atoms with E-state index in [4.69, 9.17) is 4.74 Å². The Morgan fingerprint density at radius 3 is 2.70 bits per heavy atom. The Balaban J connectivity index is 1.49. The number of nitro benzene ring substituents is 1. The van der Waals surface area contributed by atoms with Crippen LogP contribution in [0.4, 0.5) is 10.1 Å². The molecule has 1 fully saturated rings. The molecular formula is C21H21FN6O5. The van der Waals surface area contributed by atoms with Gasteiger partial charge in [0.05, 0.1) is 17.4 Å². The number of aryl methyl sites for hydroxylation is 2. The predicted molar refractivity (Wildman–Crippen MR) is 115 cm³/mol. The van der Waals surface area contributed by atoms with Crippen molar-refractivity contribution in [1.82, 2.24) is 23.5 Å². The van der Waals surface area contributed by atoms with Gasteiger partial charge in [0.2, 0.25) is 5.78 Å². The van der Waals surface area contributed by atoms with Crippen LogP contribution in [0.2, 0.25) is 0 Å². The van der Waals surface area contributed by atoms with Crippen LogP contribution in [0.1, 0.15) is 25.1 Å². The van der Waals surface area contributed by atoms with Crippen LogP contribution in [0.25, 0.3) is 16.9 Å². The third-order valence-corrected chi connectivity index (χ3v) is 6.02. The average molecular weight is 456 g/mol. The van der Waals surface area contributed by atoms with E-state index in [1.807, 2.05) is 0 Å². The SMILES string of the molecule is CC[C@H]1O[C@@H](n2cnc3c(=O)n4ccn(CCc5ccc([N+](=O)[O-])cc5)c4nc32)[C@H](O)[C@@H]1F. The average Bonchev–Trinajstić information content (AvgIpc) is 3.50. The summed E-state index contributed by atoms with van der Waals surface area (Å²) in [5.74, 6) is 0.354. The number of halogens is 1. The molecule has 4 atom stereocenters. The van der Waals surface area contributed by atoms with E-state index in [0.29, 0.717) is 25.2 Å². The van der Waals surface area contributed by atoms with E-state index in [0.717, 1.165) is 5.56 Å².